The van der Waals surface area contributed by atoms with Crippen molar-refractivity contribution in [3.05, 3.63) is 22.3 Å². The fraction of sp³-hybridized carbons (Fsp3) is 0.660. The van der Waals surface area contributed by atoms with Crippen LogP contribution in [-0.4, -0.2) is 174 Å². The lowest BCUT2D eigenvalue weighted by Crippen LogP contribution is -2.43. The van der Waals surface area contributed by atoms with Gasteiger partial charge in [-0.25, -0.2) is 39.5 Å². The number of halogens is 1. The van der Waals surface area contributed by atoms with Crippen LogP contribution in [0.15, 0.2) is 12.7 Å². The third kappa shape index (κ3) is 13.3. The molecule has 79 heavy (non-hydrogen) atoms. The minimum atomic E-state index is -1.41. The number of ether oxygens (including phenoxy) is 4. The quantitative estimate of drug-likeness (QED) is 0.0645. The van der Waals surface area contributed by atoms with Gasteiger partial charge in [-0.15, -0.1) is 12.3 Å². The molecule has 4 aromatic heterocycles. The molecule has 8 heterocycles. The zero-order valence-electron chi connectivity index (χ0n) is 43.7. The second-order valence-corrected chi connectivity index (χ2v) is 22.8. The maximum atomic E-state index is 12.5. The maximum absolute atomic E-state index is 12.5. The number of nitrogens with zero attached hydrogens (tertiary/aromatic N) is 10. The topological polar surface area (TPSA) is 344 Å². The zero-order valence-corrected chi connectivity index (χ0v) is 45.9. The van der Waals surface area contributed by atoms with Crippen LogP contribution in [0.25, 0.3) is 22.3 Å². The lowest BCUT2D eigenvalue weighted by Gasteiger charge is -2.33. The Labute approximate surface area is 469 Å². The molecule has 8 unspecified atom stereocenters. The lowest BCUT2D eigenvalue weighted by molar-refractivity contribution is -0.138. The molecule has 0 spiro atoms. The molecule has 3 amide bonds. The van der Waals surface area contributed by atoms with Crippen molar-refractivity contribution in [3.8, 4) is 24.2 Å². The number of fused-ring (bicyclic) bond motifs is 2. The number of aliphatic hydroxyl groups excluding tert-OH is 4. The van der Waals surface area contributed by atoms with Crippen molar-refractivity contribution in [2.45, 2.75) is 176 Å². The molecule has 12 rings (SSSR count). The van der Waals surface area contributed by atoms with E-state index in [1.165, 1.54) is 28.2 Å². The molecule has 0 aromatic carbocycles. The van der Waals surface area contributed by atoms with Crippen LogP contribution in [0.5, 0.6) is 0 Å². The normalized spacial score (nSPS) is 27.3. The number of amides is 3. The van der Waals surface area contributed by atoms with E-state index in [-0.39, 0.29) is 59.3 Å². The number of rotatable bonds is 11. The fourth-order valence-corrected chi connectivity index (χ4v) is 10.8. The van der Waals surface area contributed by atoms with E-state index in [9.17, 15) is 39.6 Å². The first-order valence-electron chi connectivity index (χ1n) is 27.5. The van der Waals surface area contributed by atoms with Crippen LogP contribution in [0.3, 0.4) is 0 Å². The van der Waals surface area contributed by atoms with Crippen molar-refractivity contribution >= 4 is 80.4 Å². The number of imidazole rings is 2. The van der Waals surface area contributed by atoms with E-state index in [0.29, 0.717) is 64.2 Å². The highest BCUT2D eigenvalue weighted by Crippen LogP contribution is 2.38. The Hall–Kier alpha value is -6.01. The zero-order chi connectivity index (χ0) is 55.5. The number of aromatic nitrogens is 8. The number of piperidine rings is 2. The number of hydrogen-bond acceptors (Lipinski definition) is 20. The van der Waals surface area contributed by atoms with Gasteiger partial charge in [-0.05, 0) is 114 Å². The van der Waals surface area contributed by atoms with Gasteiger partial charge >= 0.3 is 12.2 Å². The van der Waals surface area contributed by atoms with Crippen molar-refractivity contribution in [3.63, 3.8) is 0 Å². The van der Waals surface area contributed by atoms with E-state index in [0.717, 1.165) is 103 Å². The SMILES string of the molecule is C#CCC1CCN(C(=O)OC2CCC2)CC1.Nc1nc(C#CCC2CCN(C(=O)OC3CCC3)CC2)nc2c1ncn2C1OC(C(=O)NC2CC2)C(O)C1O.Nc1nc(I)nc2c1ncn2C1OC(C(=O)CC2CC2)C(O)C1O. The molecule has 8 aliphatic rings. The van der Waals surface area contributed by atoms with Gasteiger partial charge in [0.1, 0.15) is 53.8 Å². The summed E-state index contributed by atoms with van der Waals surface area (Å²) in [6, 6.07) is 0.0910. The van der Waals surface area contributed by atoms with Gasteiger partial charge in [-0.2, -0.15) is 0 Å². The number of carbonyl (C=O) groups excluding carboxylic acids is 4. The lowest BCUT2D eigenvalue weighted by atomic mass is 9.94. The molecule has 8 fully saturated rings. The van der Waals surface area contributed by atoms with E-state index in [4.69, 9.17) is 36.8 Å². The molecule has 4 saturated heterocycles. The molecule has 0 radical (unpaired) electrons. The predicted molar refractivity (Wildman–Crippen MR) is 289 cm³/mol. The number of carbonyl (C=O) groups is 4. The Morgan fingerprint density at radius 3 is 1.67 bits per heavy atom. The highest BCUT2D eigenvalue weighted by Gasteiger charge is 2.50. The van der Waals surface area contributed by atoms with Gasteiger partial charge in [0, 0.05) is 74.1 Å². The first-order chi connectivity index (χ1) is 38.1. The third-order valence-electron chi connectivity index (χ3n) is 16.0. The summed E-state index contributed by atoms with van der Waals surface area (Å²) in [7, 11) is 0. The minimum absolute atomic E-state index is 0.0870. The molecule has 8 atom stereocenters. The molecule has 4 saturated carbocycles. The summed E-state index contributed by atoms with van der Waals surface area (Å²) in [6.45, 7) is 2.92. The van der Waals surface area contributed by atoms with Crippen molar-refractivity contribution in [2.24, 2.45) is 17.8 Å². The van der Waals surface area contributed by atoms with Crippen LogP contribution in [0, 0.1) is 45.8 Å². The van der Waals surface area contributed by atoms with Crippen molar-refractivity contribution in [2.75, 3.05) is 37.6 Å². The van der Waals surface area contributed by atoms with E-state index in [1.807, 2.05) is 27.5 Å². The Kier molecular flexibility index (Phi) is 17.7. The Balaban J connectivity index is 0.000000149. The number of terminal acetylenes is 1. The molecule has 9 N–H and O–H groups in total. The first kappa shape index (κ1) is 56.3. The number of anilines is 2. The Morgan fingerprint density at radius 1 is 0.658 bits per heavy atom. The predicted octanol–water partition coefficient (Wildman–Crippen LogP) is 2.86. The van der Waals surface area contributed by atoms with Gasteiger partial charge in [0.2, 0.25) is 5.82 Å². The van der Waals surface area contributed by atoms with Gasteiger partial charge in [0.05, 0.1) is 12.7 Å². The summed E-state index contributed by atoms with van der Waals surface area (Å²) in [5, 5.41) is 44.5. The molecule has 4 aliphatic heterocycles. The van der Waals surface area contributed by atoms with E-state index < -0.39 is 55.0 Å². The van der Waals surface area contributed by atoms with Crippen molar-refractivity contribution in [1.29, 1.82) is 0 Å². The minimum Gasteiger partial charge on any atom is -0.446 e. The summed E-state index contributed by atoms with van der Waals surface area (Å²) in [4.78, 5) is 77.7. The number of aliphatic hydroxyl groups is 4. The Bertz CT molecular complexity index is 2970. The summed E-state index contributed by atoms with van der Waals surface area (Å²) in [5.74, 6) is 10.0. The summed E-state index contributed by atoms with van der Waals surface area (Å²) in [5.41, 5.74) is 13.3. The van der Waals surface area contributed by atoms with Crippen LogP contribution in [0.2, 0.25) is 0 Å². The largest absolute Gasteiger partial charge is 0.446 e. The molecule has 4 aromatic rings. The molecule has 25 nitrogen and oxygen atoms in total. The van der Waals surface area contributed by atoms with Crippen molar-refractivity contribution < 1.29 is 58.6 Å². The first-order valence-corrected chi connectivity index (χ1v) is 28.6. The van der Waals surface area contributed by atoms with Gasteiger partial charge < -0.3 is 66.0 Å². The van der Waals surface area contributed by atoms with Crippen LogP contribution in [-0.2, 0) is 28.5 Å². The highest BCUT2D eigenvalue weighted by atomic mass is 127. The average Bonchev–Trinajstić information content (AvgIpc) is 4.47. The second kappa shape index (κ2) is 24.8. The summed E-state index contributed by atoms with van der Waals surface area (Å²) in [6.07, 6.45) is 14.2. The van der Waals surface area contributed by atoms with Crippen LogP contribution in [0.1, 0.15) is 127 Å². The Morgan fingerprint density at radius 2 is 1.16 bits per heavy atom. The summed E-state index contributed by atoms with van der Waals surface area (Å²) < 4.78 is 25.7. The molecular formula is C53H68IN13O12. The molecule has 424 valence electrons. The van der Waals surface area contributed by atoms with E-state index >= 15 is 0 Å². The molecule has 4 aliphatic carbocycles. The molecular weight excluding hydrogens is 1140 g/mol. The standard InChI is InChI=1S/C26H33N7O6.C14H16IN5O4.C13H19NO2/c27-22-18-23(33(13-28-18)25-20(35)19(34)21(39-25)24(36)29-15-7-8-15)31-17(30-22)6-1-3-14-9-11-32(12-10-14)26(37)38-16-4-2-5-16;15-14-18-11(16)7-12(19-14)20(4-17-7)13-9(23)8(22)10(24-13)6(21)3-5-1-2-5;1-2-4-11-7-9-14(10-8-11)13(15)16-12-5-3-6-12/h13-16,19-21,25,34-35H,2-5,7-12H2,(H,29,36)(H2,27,30,31);4-5,8-10,13,22-23H,1-3H2,(H2,16,18,19);1,11-12H,3-10H2. The van der Waals surface area contributed by atoms with Gasteiger partial charge in [-0.1, -0.05) is 5.92 Å². The second-order valence-electron chi connectivity index (χ2n) is 21.9. The molecule has 26 heteroatoms. The maximum Gasteiger partial charge on any atom is 0.410 e. The van der Waals surface area contributed by atoms with Crippen LogP contribution < -0.4 is 16.8 Å². The van der Waals surface area contributed by atoms with E-state index in [1.54, 1.807) is 4.90 Å². The smallest absolute Gasteiger partial charge is 0.410 e. The number of likely N-dealkylation sites (tertiary alicyclic amines) is 2. The van der Waals surface area contributed by atoms with Crippen LogP contribution in [0.4, 0.5) is 21.2 Å². The summed E-state index contributed by atoms with van der Waals surface area (Å²) >= 11 is 1.92. The number of nitrogens with two attached hydrogens (primary N) is 2. The van der Waals surface area contributed by atoms with Gasteiger partial charge in [0.15, 0.2) is 51.1 Å². The number of nitrogens with one attached hydrogen (secondary N) is 1. The van der Waals surface area contributed by atoms with Crippen LogP contribution >= 0.6 is 22.6 Å². The number of Topliss-reactive ketones (excluding diaryl/α,β-unsaturated/α-hetero) is 1. The van der Waals surface area contributed by atoms with Crippen molar-refractivity contribution in [1.82, 2.24) is 54.2 Å². The monoisotopic (exact) mass is 1210 g/mol. The fourth-order valence-electron chi connectivity index (χ4n) is 10.3. The average molecular weight is 1210 g/mol. The van der Waals surface area contributed by atoms with E-state index in [2.05, 4.69) is 53.0 Å². The van der Waals surface area contributed by atoms with Gasteiger partial charge in [0.25, 0.3) is 5.91 Å². The third-order valence-corrected chi connectivity index (χ3v) is 16.4. The number of ketones is 1. The highest BCUT2D eigenvalue weighted by molar-refractivity contribution is 14.1. The number of nitrogen functional groups attached to an aromatic ring is 2. The number of hydrogen-bond donors (Lipinski definition) is 7. The van der Waals surface area contributed by atoms with Gasteiger partial charge in [-0.3, -0.25) is 18.7 Å². The molecule has 0 bridgehead atoms.